The molecule has 1 unspecified atom stereocenters. The van der Waals surface area contributed by atoms with Crippen LogP contribution < -0.4 is 11.1 Å². The summed E-state index contributed by atoms with van der Waals surface area (Å²) in [7, 11) is 0. The number of primary amides is 1. The molecular formula is C32H33FN6O3. The van der Waals surface area contributed by atoms with E-state index in [2.05, 4.69) is 21.4 Å². The highest BCUT2D eigenvalue weighted by atomic mass is 19.1. The van der Waals surface area contributed by atoms with Crippen LogP contribution in [0, 0.1) is 6.92 Å². The van der Waals surface area contributed by atoms with Crippen molar-refractivity contribution in [3.63, 3.8) is 0 Å². The summed E-state index contributed by atoms with van der Waals surface area (Å²) in [5.41, 5.74) is 11.7. The van der Waals surface area contributed by atoms with E-state index in [1.807, 2.05) is 37.4 Å². The van der Waals surface area contributed by atoms with Gasteiger partial charge in [-0.05, 0) is 86.9 Å². The van der Waals surface area contributed by atoms with Crippen molar-refractivity contribution < 1.29 is 18.8 Å². The van der Waals surface area contributed by atoms with Crippen LogP contribution in [-0.4, -0.2) is 55.9 Å². The molecular weight excluding hydrogens is 535 g/mol. The monoisotopic (exact) mass is 568 g/mol. The average Bonchev–Trinajstić information content (AvgIpc) is 3.52. The zero-order valence-electron chi connectivity index (χ0n) is 23.5. The van der Waals surface area contributed by atoms with Gasteiger partial charge in [-0.15, -0.1) is 0 Å². The molecule has 6 rings (SSSR count). The van der Waals surface area contributed by atoms with Crippen LogP contribution in [0.15, 0.2) is 54.9 Å². The Balaban J connectivity index is 1.28. The first-order valence-corrected chi connectivity index (χ1v) is 14.4. The first-order chi connectivity index (χ1) is 20.3. The number of amides is 3. The minimum Gasteiger partial charge on any atom is -0.366 e. The van der Waals surface area contributed by atoms with Gasteiger partial charge in [-0.1, -0.05) is 12.1 Å². The van der Waals surface area contributed by atoms with E-state index in [4.69, 9.17) is 5.73 Å². The maximum Gasteiger partial charge on any atom is 0.250 e. The summed E-state index contributed by atoms with van der Waals surface area (Å²) < 4.78 is 16.1. The molecule has 0 bridgehead atoms. The number of pyridine rings is 2. The smallest absolute Gasteiger partial charge is 0.250 e. The summed E-state index contributed by atoms with van der Waals surface area (Å²) in [5.74, 6) is -0.974. The average molecular weight is 569 g/mol. The van der Waals surface area contributed by atoms with Gasteiger partial charge in [-0.3, -0.25) is 19.4 Å². The van der Waals surface area contributed by atoms with E-state index in [1.54, 1.807) is 22.9 Å². The minimum atomic E-state index is -1.10. The number of fused-ring (bicyclic) bond motifs is 2. The third-order valence-corrected chi connectivity index (χ3v) is 8.28. The number of hydrogen-bond acceptors (Lipinski definition) is 5. The van der Waals surface area contributed by atoms with Crippen LogP contribution in [0.4, 0.5) is 10.2 Å². The Hall–Kier alpha value is -4.60. The van der Waals surface area contributed by atoms with Gasteiger partial charge in [-0.2, -0.15) is 0 Å². The number of rotatable bonds is 6. The summed E-state index contributed by atoms with van der Waals surface area (Å²) in [6.07, 6.45) is 5.95. The number of aromatic nitrogens is 3. The molecule has 1 aliphatic heterocycles. The fraction of sp³-hybridized carbons (Fsp3) is 0.344. The van der Waals surface area contributed by atoms with Gasteiger partial charge in [-0.25, -0.2) is 9.37 Å². The number of nitrogens with zero attached hydrogens (tertiary/aromatic N) is 4. The van der Waals surface area contributed by atoms with Crippen LogP contribution in [-0.2, 0) is 29.0 Å². The maximum absolute atomic E-state index is 14.4. The number of hydrogen-bond donors (Lipinski definition) is 2. The summed E-state index contributed by atoms with van der Waals surface area (Å²) in [4.78, 5) is 49.9. The number of nitrogens with two attached hydrogens (primary N) is 1. The number of likely N-dealkylation sites (tertiary alicyclic amines) is 1. The molecule has 4 aromatic rings. The predicted octanol–water partition coefficient (Wildman–Crippen LogP) is 4.35. The summed E-state index contributed by atoms with van der Waals surface area (Å²) >= 11 is 0. The molecule has 1 fully saturated rings. The zero-order chi connectivity index (χ0) is 29.4. The third-order valence-electron chi connectivity index (χ3n) is 8.28. The Bertz CT molecular complexity index is 1700. The molecule has 216 valence electrons. The Morgan fingerprint density at radius 3 is 2.74 bits per heavy atom. The highest BCUT2D eigenvalue weighted by molar-refractivity contribution is 6.07. The highest BCUT2D eigenvalue weighted by Gasteiger charge is 2.34. The lowest BCUT2D eigenvalue weighted by Gasteiger charge is -2.29. The number of nitrogens with one attached hydrogen (secondary N) is 1. The van der Waals surface area contributed by atoms with Crippen molar-refractivity contribution in [3.05, 3.63) is 77.4 Å². The van der Waals surface area contributed by atoms with E-state index in [1.165, 1.54) is 10.5 Å². The summed E-state index contributed by atoms with van der Waals surface area (Å²) in [5, 5.41) is 3.42. The van der Waals surface area contributed by atoms with Crippen molar-refractivity contribution in [1.29, 1.82) is 0 Å². The van der Waals surface area contributed by atoms with Gasteiger partial charge in [0.25, 0.3) is 5.91 Å². The predicted molar refractivity (Wildman–Crippen MR) is 158 cm³/mol. The van der Waals surface area contributed by atoms with Gasteiger partial charge in [0.15, 0.2) is 0 Å². The lowest BCUT2D eigenvalue weighted by molar-refractivity contribution is -0.139. The second-order valence-corrected chi connectivity index (χ2v) is 11.2. The molecule has 3 N–H and O–H groups in total. The van der Waals surface area contributed by atoms with Gasteiger partial charge < -0.3 is 20.5 Å². The lowest BCUT2D eigenvalue weighted by atomic mass is 10.0. The fourth-order valence-electron chi connectivity index (χ4n) is 6.09. The summed E-state index contributed by atoms with van der Waals surface area (Å²) in [6.45, 7) is 1.79. The van der Waals surface area contributed by atoms with Gasteiger partial charge in [0.1, 0.15) is 24.6 Å². The summed E-state index contributed by atoms with van der Waals surface area (Å²) in [6, 6.07) is 12.3. The van der Waals surface area contributed by atoms with Gasteiger partial charge >= 0.3 is 0 Å². The van der Waals surface area contributed by atoms with Crippen molar-refractivity contribution >= 4 is 34.4 Å². The number of halogens is 1. The third kappa shape index (κ3) is 5.48. The van der Waals surface area contributed by atoms with Crippen LogP contribution in [0.3, 0.4) is 0 Å². The largest absolute Gasteiger partial charge is 0.366 e. The van der Waals surface area contributed by atoms with E-state index >= 15 is 0 Å². The molecule has 0 radical (unpaired) electrons. The fourth-order valence-corrected chi connectivity index (χ4v) is 6.09. The molecule has 10 heteroatoms. The number of benzene rings is 1. The van der Waals surface area contributed by atoms with Crippen molar-refractivity contribution in [1.82, 2.24) is 19.4 Å². The van der Waals surface area contributed by atoms with Crippen LogP contribution in [0.2, 0.25) is 0 Å². The first-order valence-electron chi connectivity index (χ1n) is 14.4. The van der Waals surface area contributed by atoms with E-state index < -0.39 is 24.0 Å². The van der Waals surface area contributed by atoms with Crippen molar-refractivity contribution in [3.8, 4) is 11.1 Å². The molecule has 4 heterocycles. The topological polar surface area (TPSA) is 123 Å². The Kier molecular flexibility index (Phi) is 7.45. The highest BCUT2D eigenvalue weighted by Crippen LogP contribution is 2.31. The molecule has 0 saturated carbocycles. The molecule has 0 spiro atoms. The molecule has 42 heavy (non-hydrogen) atoms. The molecule has 1 aromatic carbocycles. The van der Waals surface area contributed by atoms with Crippen LogP contribution in [0.1, 0.15) is 53.0 Å². The molecule has 1 aliphatic carbocycles. The van der Waals surface area contributed by atoms with E-state index in [9.17, 15) is 18.8 Å². The van der Waals surface area contributed by atoms with Gasteiger partial charge in [0.05, 0.1) is 5.56 Å². The number of anilines is 1. The number of carbonyl (C=O) groups is 3. The van der Waals surface area contributed by atoms with E-state index in [0.29, 0.717) is 22.3 Å². The van der Waals surface area contributed by atoms with Crippen molar-refractivity contribution in [2.45, 2.75) is 64.2 Å². The SMILES string of the molecule is Cc1cccc(NC(=O)[C@@H]2CCC(F)CCN2C(=O)Cn2cc(C(N)=O)c3cc(-c4cnc5c(c4)CCC5)ccc32)n1. The quantitative estimate of drug-likeness (QED) is 0.358. The van der Waals surface area contributed by atoms with Crippen LogP contribution in [0.5, 0.6) is 0 Å². The molecule has 2 aliphatic rings. The molecule has 2 atom stereocenters. The molecule has 1 saturated heterocycles. The normalized spacial score (nSPS) is 18.5. The molecule has 3 amide bonds. The second-order valence-electron chi connectivity index (χ2n) is 11.2. The Labute approximate surface area is 242 Å². The number of carbonyl (C=O) groups excluding carboxylic acids is 3. The van der Waals surface area contributed by atoms with Crippen LogP contribution in [0.25, 0.3) is 22.0 Å². The second kappa shape index (κ2) is 11.3. The van der Waals surface area contributed by atoms with Gasteiger partial charge in [0, 0.05) is 46.8 Å². The first kappa shape index (κ1) is 27.6. The molecule has 9 nitrogen and oxygen atoms in total. The standard InChI is InChI=1S/C32H33FN6O3/c1-19-4-2-7-29(36-19)37-32(42)28-11-9-23(33)12-13-39(28)30(40)18-38-17-25(31(34)41)24-15-20(8-10-27(24)38)22-14-21-5-3-6-26(21)35-16-22/h2,4,7-8,10,14-17,23,28H,3,5-6,9,11-13,18H2,1H3,(H2,34,41)(H,36,37,42)/t23?,28-/m0/s1. The van der Waals surface area contributed by atoms with Gasteiger partial charge in [0.2, 0.25) is 11.8 Å². The maximum atomic E-state index is 14.4. The van der Waals surface area contributed by atoms with Crippen molar-refractivity contribution in [2.75, 3.05) is 11.9 Å². The molecule has 3 aromatic heterocycles. The number of aryl methyl sites for hydroxylation is 3. The minimum absolute atomic E-state index is 0.108. The number of alkyl halides is 1. The van der Waals surface area contributed by atoms with Crippen molar-refractivity contribution in [2.24, 2.45) is 5.73 Å². The zero-order valence-corrected chi connectivity index (χ0v) is 23.5. The Morgan fingerprint density at radius 2 is 1.93 bits per heavy atom. The van der Waals surface area contributed by atoms with Crippen LogP contribution >= 0.6 is 0 Å². The lowest BCUT2D eigenvalue weighted by Crippen LogP contribution is -2.48. The Morgan fingerprint density at radius 1 is 1.07 bits per heavy atom. The van der Waals surface area contributed by atoms with E-state index in [0.717, 1.165) is 41.8 Å². The van der Waals surface area contributed by atoms with E-state index in [-0.39, 0.29) is 38.3 Å².